The van der Waals surface area contributed by atoms with Crippen molar-refractivity contribution in [2.45, 2.75) is 6.42 Å². The SMILES string of the molecule is N/C(Cc1ccc2ccnn2c1)=N\O. The van der Waals surface area contributed by atoms with E-state index in [1.54, 1.807) is 10.7 Å². The van der Waals surface area contributed by atoms with Gasteiger partial charge in [0.15, 0.2) is 0 Å². The molecule has 0 unspecified atom stereocenters. The van der Waals surface area contributed by atoms with Gasteiger partial charge in [-0.15, -0.1) is 0 Å². The highest BCUT2D eigenvalue weighted by molar-refractivity contribution is 5.82. The minimum absolute atomic E-state index is 0.191. The van der Waals surface area contributed by atoms with Crippen LogP contribution in [0.25, 0.3) is 5.52 Å². The third-order valence-electron chi connectivity index (χ3n) is 1.97. The predicted octanol–water partition coefficient (Wildman–Crippen LogP) is 0.623. The first-order valence-corrected chi connectivity index (χ1v) is 4.18. The number of hydrogen-bond acceptors (Lipinski definition) is 3. The number of amidine groups is 1. The van der Waals surface area contributed by atoms with E-state index in [1.807, 2.05) is 24.4 Å². The summed E-state index contributed by atoms with van der Waals surface area (Å²) in [5.41, 5.74) is 7.37. The first-order valence-electron chi connectivity index (χ1n) is 4.18. The van der Waals surface area contributed by atoms with Gasteiger partial charge in [-0.1, -0.05) is 11.2 Å². The topological polar surface area (TPSA) is 75.9 Å². The van der Waals surface area contributed by atoms with Crippen molar-refractivity contribution >= 4 is 11.4 Å². The molecule has 2 rings (SSSR count). The molecule has 0 saturated carbocycles. The highest BCUT2D eigenvalue weighted by atomic mass is 16.4. The summed E-state index contributed by atoms with van der Waals surface area (Å²) >= 11 is 0. The third-order valence-corrected chi connectivity index (χ3v) is 1.97. The van der Waals surface area contributed by atoms with Gasteiger partial charge in [0, 0.05) is 18.8 Å². The van der Waals surface area contributed by atoms with E-state index in [4.69, 9.17) is 10.9 Å². The molecule has 14 heavy (non-hydrogen) atoms. The Balaban J connectivity index is 2.34. The number of nitrogens with two attached hydrogens (primary N) is 1. The van der Waals surface area contributed by atoms with E-state index in [1.165, 1.54) is 0 Å². The third kappa shape index (κ3) is 1.52. The van der Waals surface area contributed by atoms with Gasteiger partial charge in [-0.2, -0.15) is 5.10 Å². The highest BCUT2D eigenvalue weighted by Gasteiger charge is 1.99. The molecule has 2 aromatic heterocycles. The van der Waals surface area contributed by atoms with E-state index in [9.17, 15) is 0 Å². The second kappa shape index (κ2) is 3.37. The minimum atomic E-state index is 0.191. The van der Waals surface area contributed by atoms with Crippen molar-refractivity contribution < 1.29 is 5.21 Å². The van der Waals surface area contributed by atoms with Crippen LogP contribution in [0.2, 0.25) is 0 Å². The van der Waals surface area contributed by atoms with E-state index in [0.29, 0.717) is 6.42 Å². The Kier molecular flexibility index (Phi) is 2.06. The maximum Gasteiger partial charge on any atom is 0.143 e. The average molecular weight is 190 g/mol. The van der Waals surface area contributed by atoms with Crippen LogP contribution in [0.15, 0.2) is 35.7 Å². The summed E-state index contributed by atoms with van der Waals surface area (Å²) < 4.78 is 1.75. The summed E-state index contributed by atoms with van der Waals surface area (Å²) in [5.74, 6) is 0.191. The normalized spacial score (nSPS) is 12.1. The summed E-state index contributed by atoms with van der Waals surface area (Å²) in [4.78, 5) is 0. The Hall–Kier alpha value is -2.04. The van der Waals surface area contributed by atoms with Crippen LogP contribution in [0.4, 0.5) is 0 Å². The van der Waals surface area contributed by atoms with Gasteiger partial charge < -0.3 is 10.9 Å². The molecule has 72 valence electrons. The number of fused-ring (bicyclic) bond motifs is 1. The van der Waals surface area contributed by atoms with Crippen LogP contribution < -0.4 is 5.73 Å². The zero-order valence-electron chi connectivity index (χ0n) is 7.46. The van der Waals surface area contributed by atoms with Gasteiger partial charge in [-0.05, 0) is 17.7 Å². The lowest BCUT2D eigenvalue weighted by molar-refractivity contribution is 0.317. The molecule has 0 saturated heterocycles. The van der Waals surface area contributed by atoms with Crippen LogP contribution in [-0.2, 0) is 6.42 Å². The first kappa shape index (κ1) is 8.55. The van der Waals surface area contributed by atoms with Crippen LogP contribution >= 0.6 is 0 Å². The summed E-state index contributed by atoms with van der Waals surface area (Å²) in [6, 6.07) is 5.77. The lowest BCUT2D eigenvalue weighted by atomic mass is 10.2. The fourth-order valence-electron chi connectivity index (χ4n) is 1.31. The monoisotopic (exact) mass is 190 g/mol. The van der Waals surface area contributed by atoms with Crippen LogP contribution in [0.5, 0.6) is 0 Å². The van der Waals surface area contributed by atoms with Crippen LogP contribution in [-0.4, -0.2) is 20.7 Å². The van der Waals surface area contributed by atoms with Gasteiger partial charge in [-0.3, -0.25) is 0 Å². The molecular formula is C9H10N4O. The fourth-order valence-corrected chi connectivity index (χ4v) is 1.31. The van der Waals surface area contributed by atoms with Gasteiger partial charge >= 0.3 is 0 Å². The molecule has 0 aliphatic rings. The number of hydrogen-bond donors (Lipinski definition) is 2. The molecule has 5 nitrogen and oxygen atoms in total. The Labute approximate surface area is 80.5 Å². The number of oxime groups is 1. The lowest BCUT2D eigenvalue weighted by Crippen LogP contribution is -2.14. The largest absolute Gasteiger partial charge is 0.409 e. The van der Waals surface area contributed by atoms with Crippen LogP contribution in [0.1, 0.15) is 5.56 Å². The van der Waals surface area contributed by atoms with Crippen molar-refractivity contribution in [3.63, 3.8) is 0 Å². The van der Waals surface area contributed by atoms with Crippen molar-refractivity contribution in [2.75, 3.05) is 0 Å². The molecule has 0 radical (unpaired) electrons. The summed E-state index contributed by atoms with van der Waals surface area (Å²) in [7, 11) is 0. The maximum atomic E-state index is 8.41. The molecule has 2 heterocycles. The molecule has 0 fully saturated rings. The summed E-state index contributed by atoms with van der Waals surface area (Å²) in [5, 5.41) is 15.4. The molecule has 0 amide bonds. The molecule has 0 aromatic carbocycles. The number of rotatable bonds is 2. The van der Waals surface area contributed by atoms with Crippen molar-refractivity contribution in [1.82, 2.24) is 9.61 Å². The van der Waals surface area contributed by atoms with Crippen molar-refractivity contribution in [2.24, 2.45) is 10.9 Å². The quantitative estimate of drug-likeness (QED) is 0.315. The fraction of sp³-hybridized carbons (Fsp3) is 0.111. The molecule has 3 N–H and O–H groups in total. The standard InChI is InChI=1S/C9H10N4O/c10-9(12-14)5-7-1-2-8-3-4-11-13(8)6-7/h1-4,6,14H,5H2,(H2,10,12). The predicted molar refractivity (Wildman–Crippen MR) is 52.3 cm³/mol. The van der Waals surface area contributed by atoms with E-state index >= 15 is 0 Å². The average Bonchev–Trinajstić information content (AvgIpc) is 2.64. The van der Waals surface area contributed by atoms with Gasteiger partial charge in [0.25, 0.3) is 0 Å². The second-order valence-corrected chi connectivity index (χ2v) is 3.01. The number of nitrogens with zero attached hydrogens (tertiary/aromatic N) is 3. The zero-order valence-corrected chi connectivity index (χ0v) is 7.46. The van der Waals surface area contributed by atoms with E-state index < -0.39 is 0 Å². The van der Waals surface area contributed by atoms with Gasteiger partial charge in [-0.25, -0.2) is 4.52 Å². The maximum absolute atomic E-state index is 8.41. The van der Waals surface area contributed by atoms with Crippen molar-refractivity contribution in [3.05, 3.63) is 36.2 Å². The van der Waals surface area contributed by atoms with Gasteiger partial charge in [0.2, 0.25) is 0 Å². The number of pyridine rings is 1. The molecule has 0 atom stereocenters. The Morgan fingerprint density at radius 1 is 1.50 bits per heavy atom. The molecule has 2 aromatic rings. The lowest BCUT2D eigenvalue weighted by Gasteiger charge is -2.00. The van der Waals surface area contributed by atoms with Crippen LogP contribution in [0.3, 0.4) is 0 Å². The Morgan fingerprint density at radius 3 is 3.14 bits per heavy atom. The van der Waals surface area contributed by atoms with E-state index in [-0.39, 0.29) is 5.84 Å². The van der Waals surface area contributed by atoms with Gasteiger partial charge in [0.05, 0.1) is 5.52 Å². The summed E-state index contributed by atoms with van der Waals surface area (Å²) in [6.45, 7) is 0. The smallest absolute Gasteiger partial charge is 0.143 e. The molecule has 0 spiro atoms. The minimum Gasteiger partial charge on any atom is -0.409 e. The van der Waals surface area contributed by atoms with E-state index in [2.05, 4.69) is 10.3 Å². The highest BCUT2D eigenvalue weighted by Crippen LogP contribution is 2.05. The molecular weight excluding hydrogens is 180 g/mol. The number of aromatic nitrogens is 2. The molecule has 0 aliphatic heterocycles. The van der Waals surface area contributed by atoms with Crippen molar-refractivity contribution in [3.8, 4) is 0 Å². The van der Waals surface area contributed by atoms with Crippen LogP contribution in [0, 0.1) is 0 Å². The molecule has 0 bridgehead atoms. The Bertz CT molecular complexity index is 474. The molecule has 0 aliphatic carbocycles. The Morgan fingerprint density at radius 2 is 2.36 bits per heavy atom. The van der Waals surface area contributed by atoms with E-state index in [0.717, 1.165) is 11.1 Å². The second-order valence-electron chi connectivity index (χ2n) is 3.01. The molecule has 5 heteroatoms. The van der Waals surface area contributed by atoms with Gasteiger partial charge in [0.1, 0.15) is 5.84 Å². The first-order chi connectivity index (χ1) is 6.79. The zero-order chi connectivity index (χ0) is 9.97. The summed E-state index contributed by atoms with van der Waals surface area (Å²) in [6.07, 6.45) is 4.00. The van der Waals surface area contributed by atoms with Crippen molar-refractivity contribution in [1.29, 1.82) is 0 Å².